The van der Waals surface area contributed by atoms with Crippen molar-refractivity contribution in [2.75, 3.05) is 30.4 Å². The summed E-state index contributed by atoms with van der Waals surface area (Å²) in [6.45, 7) is 5.90. The number of rotatable bonds is 5. The van der Waals surface area contributed by atoms with Gasteiger partial charge in [0.15, 0.2) is 5.82 Å². The predicted molar refractivity (Wildman–Crippen MR) is 86.1 cm³/mol. The third-order valence-corrected chi connectivity index (χ3v) is 3.47. The first-order chi connectivity index (χ1) is 9.67. The maximum atomic E-state index is 4.58. The maximum Gasteiger partial charge on any atom is 0.230 e. The minimum absolute atomic E-state index is 0.580. The van der Waals surface area contributed by atoms with Crippen LogP contribution in [0.2, 0.25) is 0 Å². The maximum absolute atomic E-state index is 4.58. The van der Waals surface area contributed by atoms with Crippen molar-refractivity contribution in [2.24, 2.45) is 0 Å². The van der Waals surface area contributed by atoms with Gasteiger partial charge < -0.3 is 10.2 Å². The van der Waals surface area contributed by atoms with E-state index in [0.717, 1.165) is 23.1 Å². The lowest BCUT2D eigenvalue weighted by atomic mass is 10.2. The van der Waals surface area contributed by atoms with Crippen LogP contribution in [-0.4, -0.2) is 35.1 Å². The molecule has 0 aliphatic heterocycles. The molecule has 0 aliphatic rings. The molecule has 2 rings (SSSR count). The smallest absolute Gasteiger partial charge is 0.230 e. The number of benzene rings is 1. The zero-order valence-electron chi connectivity index (χ0n) is 11.9. The molecule has 1 N–H and O–H groups in total. The van der Waals surface area contributed by atoms with E-state index in [-0.39, 0.29) is 0 Å². The van der Waals surface area contributed by atoms with Crippen molar-refractivity contribution >= 4 is 27.8 Å². The number of halogens is 1. The average Bonchev–Trinajstić information content (AvgIpc) is 2.48. The minimum atomic E-state index is 0.580. The normalized spacial score (nSPS) is 10.4. The van der Waals surface area contributed by atoms with Crippen LogP contribution < -0.4 is 10.2 Å². The van der Waals surface area contributed by atoms with Crippen molar-refractivity contribution in [2.45, 2.75) is 13.8 Å². The summed E-state index contributed by atoms with van der Waals surface area (Å²) in [5, 5.41) is 2.99. The molecule has 1 heterocycles. The van der Waals surface area contributed by atoms with E-state index in [1.807, 2.05) is 31.3 Å². The van der Waals surface area contributed by atoms with Gasteiger partial charge in [-0.25, -0.2) is 0 Å². The van der Waals surface area contributed by atoms with Gasteiger partial charge in [-0.05, 0) is 26.0 Å². The molecule has 0 amide bonds. The van der Waals surface area contributed by atoms with E-state index < -0.39 is 0 Å². The molecule has 1 aromatic heterocycles. The molecule has 0 spiro atoms. The van der Waals surface area contributed by atoms with Gasteiger partial charge in [0, 0.05) is 30.2 Å². The summed E-state index contributed by atoms with van der Waals surface area (Å²) in [4.78, 5) is 15.5. The van der Waals surface area contributed by atoms with Crippen molar-refractivity contribution in [3.63, 3.8) is 0 Å². The SMILES string of the molecule is CCN(CC)c1nc(NC)nc(-c2cccc(Br)c2)n1. The first kappa shape index (κ1) is 14.7. The van der Waals surface area contributed by atoms with E-state index in [1.54, 1.807) is 0 Å². The van der Waals surface area contributed by atoms with Crippen LogP contribution in [0.3, 0.4) is 0 Å². The minimum Gasteiger partial charge on any atom is -0.357 e. The summed E-state index contributed by atoms with van der Waals surface area (Å²) in [7, 11) is 1.81. The zero-order valence-corrected chi connectivity index (χ0v) is 13.5. The van der Waals surface area contributed by atoms with Gasteiger partial charge in [0.25, 0.3) is 0 Å². The standard InChI is InChI=1S/C14H18BrN5/c1-4-20(5-2)14-18-12(17-13(16-3)19-14)10-7-6-8-11(15)9-10/h6-9H,4-5H2,1-3H3,(H,16,17,18,19). The van der Waals surface area contributed by atoms with E-state index in [4.69, 9.17) is 0 Å². The Balaban J connectivity index is 2.50. The van der Waals surface area contributed by atoms with Gasteiger partial charge in [0.2, 0.25) is 11.9 Å². The third-order valence-electron chi connectivity index (χ3n) is 2.98. The summed E-state index contributed by atoms with van der Waals surface area (Å²) in [5.74, 6) is 1.95. The summed E-state index contributed by atoms with van der Waals surface area (Å²) < 4.78 is 1.01. The van der Waals surface area contributed by atoms with Gasteiger partial charge in [0.05, 0.1) is 0 Å². The molecule has 0 bridgehead atoms. The Hall–Kier alpha value is -1.69. The van der Waals surface area contributed by atoms with Crippen LogP contribution >= 0.6 is 15.9 Å². The summed E-state index contributed by atoms with van der Waals surface area (Å²) in [5.41, 5.74) is 0.965. The molecule has 20 heavy (non-hydrogen) atoms. The molecule has 0 atom stereocenters. The Kier molecular flexibility index (Phi) is 4.89. The van der Waals surface area contributed by atoms with Crippen molar-refractivity contribution in [3.05, 3.63) is 28.7 Å². The molecule has 5 nitrogen and oxygen atoms in total. The summed E-state index contributed by atoms with van der Waals surface area (Å²) >= 11 is 3.47. The Morgan fingerprint density at radius 1 is 1.15 bits per heavy atom. The first-order valence-electron chi connectivity index (χ1n) is 6.62. The molecular weight excluding hydrogens is 318 g/mol. The number of hydrogen-bond acceptors (Lipinski definition) is 5. The van der Waals surface area contributed by atoms with Gasteiger partial charge in [-0.1, -0.05) is 28.1 Å². The van der Waals surface area contributed by atoms with Crippen molar-refractivity contribution in [1.29, 1.82) is 0 Å². The lowest BCUT2D eigenvalue weighted by Gasteiger charge is -2.19. The van der Waals surface area contributed by atoms with E-state index in [9.17, 15) is 0 Å². The molecule has 0 fully saturated rings. The van der Waals surface area contributed by atoms with Crippen molar-refractivity contribution < 1.29 is 0 Å². The molecule has 0 saturated carbocycles. The molecular formula is C14H18BrN5. The van der Waals surface area contributed by atoms with Crippen LogP contribution in [0.15, 0.2) is 28.7 Å². The number of hydrogen-bond donors (Lipinski definition) is 1. The topological polar surface area (TPSA) is 53.9 Å². The number of anilines is 2. The molecule has 106 valence electrons. The zero-order chi connectivity index (χ0) is 14.5. The van der Waals surface area contributed by atoms with Crippen LogP contribution in [0.5, 0.6) is 0 Å². The summed E-state index contributed by atoms with van der Waals surface area (Å²) in [6, 6.07) is 7.95. The van der Waals surface area contributed by atoms with E-state index in [0.29, 0.717) is 17.7 Å². The fourth-order valence-electron chi connectivity index (χ4n) is 1.88. The Labute approximate surface area is 127 Å². The van der Waals surface area contributed by atoms with Crippen LogP contribution in [0.1, 0.15) is 13.8 Å². The number of aromatic nitrogens is 3. The van der Waals surface area contributed by atoms with Gasteiger partial charge in [-0.3, -0.25) is 0 Å². The molecule has 1 aromatic carbocycles. The van der Waals surface area contributed by atoms with Gasteiger partial charge in [-0.15, -0.1) is 0 Å². The third kappa shape index (κ3) is 3.25. The lowest BCUT2D eigenvalue weighted by molar-refractivity contribution is 0.815. The quantitative estimate of drug-likeness (QED) is 0.909. The highest BCUT2D eigenvalue weighted by Crippen LogP contribution is 2.22. The molecule has 0 radical (unpaired) electrons. The monoisotopic (exact) mass is 335 g/mol. The van der Waals surface area contributed by atoms with Gasteiger partial charge in [0.1, 0.15) is 0 Å². The van der Waals surface area contributed by atoms with Crippen molar-refractivity contribution in [1.82, 2.24) is 15.0 Å². The van der Waals surface area contributed by atoms with Crippen molar-refractivity contribution in [3.8, 4) is 11.4 Å². The highest BCUT2D eigenvalue weighted by Gasteiger charge is 2.11. The summed E-state index contributed by atoms with van der Waals surface area (Å²) in [6.07, 6.45) is 0. The average molecular weight is 336 g/mol. The molecule has 0 aliphatic carbocycles. The molecule has 2 aromatic rings. The van der Waals surface area contributed by atoms with Crippen LogP contribution in [0, 0.1) is 0 Å². The van der Waals surface area contributed by atoms with Crippen LogP contribution in [-0.2, 0) is 0 Å². The molecule has 0 unspecified atom stereocenters. The lowest BCUT2D eigenvalue weighted by Crippen LogP contribution is -2.25. The highest BCUT2D eigenvalue weighted by atomic mass is 79.9. The Morgan fingerprint density at radius 3 is 2.50 bits per heavy atom. The molecule has 0 saturated heterocycles. The highest BCUT2D eigenvalue weighted by molar-refractivity contribution is 9.10. The number of nitrogens with zero attached hydrogens (tertiary/aromatic N) is 4. The van der Waals surface area contributed by atoms with E-state index in [1.165, 1.54) is 0 Å². The van der Waals surface area contributed by atoms with Gasteiger partial charge >= 0.3 is 0 Å². The van der Waals surface area contributed by atoms with E-state index in [2.05, 4.69) is 54.9 Å². The second kappa shape index (κ2) is 6.65. The van der Waals surface area contributed by atoms with Crippen LogP contribution in [0.4, 0.5) is 11.9 Å². The molecule has 6 heteroatoms. The predicted octanol–water partition coefficient (Wildman–Crippen LogP) is 3.19. The largest absolute Gasteiger partial charge is 0.357 e. The van der Waals surface area contributed by atoms with Crippen LogP contribution in [0.25, 0.3) is 11.4 Å². The first-order valence-corrected chi connectivity index (χ1v) is 7.42. The second-order valence-electron chi connectivity index (χ2n) is 4.22. The fraction of sp³-hybridized carbons (Fsp3) is 0.357. The Morgan fingerprint density at radius 2 is 1.90 bits per heavy atom. The van der Waals surface area contributed by atoms with Gasteiger partial charge in [-0.2, -0.15) is 15.0 Å². The Bertz CT molecular complexity index is 584. The number of nitrogens with one attached hydrogen (secondary N) is 1. The van der Waals surface area contributed by atoms with E-state index >= 15 is 0 Å². The second-order valence-corrected chi connectivity index (χ2v) is 5.13. The fourth-order valence-corrected chi connectivity index (χ4v) is 2.28.